The van der Waals surface area contributed by atoms with Crippen molar-refractivity contribution < 1.29 is 14.3 Å². The van der Waals surface area contributed by atoms with Gasteiger partial charge in [0.1, 0.15) is 0 Å². The van der Waals surface area contributed by atoms with E-state index in [-0.39, 0.29) is 5.56 Å². The number of hydrogen-bond acceptors (Lipinski definition) is 3. The molecular formula is C13H10N2O3. The van der Waals surface area contributed by atoms with E-state index in [9.17, 15) is 4.79 Å². The molecule has 0 aliphatic carbocycles. The Hall–Kier alpha value is -2.56. The minimum Gasteiger partial charge on any atom is -0.478 e. The molecule has 0 bridgehead atoms. The number of carboxylic acids is 1. The first-order chi connectivity index (χ1) is 8.66. The van der Waals surface area contributed by atoms with Crippen LogP contribution in [0.5, 0.6) is 0 Å². The molecule has 1 N–H and O–H groups in total. The monoisotopic (exact) mass is 242 g/mol. The Morgan fingerprint density at radius 2 is 2.22 bits per heavy atom. The van der Waals surface area contributed by atoms with Gasteiger partial charge in [0.25, 0.3) is 0 Å². The fourth-order valence-corrected chi connectivity index (χ4v) is 1.95. The van der Waals surface area contributed by atoms with E-state index in [4.69, 9.17) is 9.52 Å². The quantitative estimate of drug-likeness (QED) is 0.750. The molecule has 0 spiro atoms. The molecule has 0 saturated heterocycles. The van der Waals surface area contributed by atoms with Gasteiger partial charge in [0.05, 0.1) is 23.0 Å². The molecule has 3 heterocycles. The molecule has 90 valence electrons. The highest BCUT2D eigenvalue weighted by atomic mass is 16.4. The predicted molar refractivity (Wildman–Crippen MR) is 64.6 cm³/mol. The Balaban J connectivity index is 2.32. The fraction of sp³-hybridized carbons (Fsp3) is 0.0769. The number of carboxylic acid groups (broad SMARTS) is 1. The second kappa shape index (κ2) is 3.73. The van der Waals surface area contributed by atoms with Crippen molar-refractivity contribution in [2.75, 3.05) is 0 Å². The first-order valence-corrected chi connectivity index (χ1v) is 5.42. The molecule has 3 aromatic heterocycles. The normalized spacial score (nSPS) is 10.9. The van der Waals surface area contributed by atoms with Gasteiger partial charge in [-0.3, -0.25) is 4.40 Å². The summed E-state index contributed by atoms with van der Waals surface area (Å²) in [4.78, 5) is 15.4. The van der Waals surface area contributed by atoms with Crippen molar-refractivity contribution in [1.82, 2.24) is 9.38 Å². The Morgan fingerprint density at radius 1 is 1.39 bits per heavy atom. The molecule has 0 aliphatic rings. The summed E-state index contributed by atoms with van der Waals surface area (Å²) in [7, 11) is 0. The zero-order chi connectivity index (χ0) is 12.7. The third kappa shape index (κ3) is 1.48. The number of hydrogen-bond donors (Lipinski definition) is 1. The standard InChI is InChI=1S/C13H10N2O3/c1-8-10-5-4-9(13(16)17)7-15(10)12(14-8)11-3-2-6-18-11/h2-7H,1H3,(H,16,17). The minimum absolute atomic E-state index is 0.215. The Kier molecular flexibility index (Phi) is 2.19. The van der Waals surface area contributed by atoms with Crippen LogP contribution in [0.2, 0.25) is 0 Å². The molecule has 0 aliphatic heterocycles. The van der Waals surface area contributed by atoms with Crippen molar-refractivity contribution in [1.29, 1.82) is 0 Å². The van der Waals surface area contributed by atoms with E-state index in [2.05, 4.69) is 4.98 Å². The first kappa shape index (κ1) is 10.6. The third-order valence-corrected chi connectivity index (χ3v) is 2.81. The van der Waals surface area contributed by atoms with Crippen LogP contribution >= 0.6 is 0 Å². The van der Waals surface area contributed by atoms with Crippen LogP contribution in [0.1, 0.15) is 16.1 Å². The first-order valence-electron chi connectivity index (χ1n) is 5.42. The number of nitrogens with zero attached hydrogens (tertiary/aromatic N) is 2. The predicted octanol–water partition coefficient (Wildman–Crippen LogP) is 2.60. The van der Waals surface area contributed by atoms with Crippen molar-refractivity contribution in [3.63, 3.8) is 0 Å². The molecule has 0 aromatic carbocycles. The van der Waals surface area contributed by atoms with Crippen LogP contribution in [0.3, 0.4) is 0 Å². The van der Waals surface area contributed by atoms with E-state index in [1.54, 1.807) is 41.1 Å². The summed E-state index contributed by atoms with van der Waals surface area (Å²) in [6, 6.07) is 6.88. The average Bonchev–Trinajstić information content (AvgIpc) is 2.97. The zero-order valence-corrected chi connectivity index (χ0v) is 9.62. The molecule has 5 heteroatoms. The lowest BCUT2D eigenvalue weighted by atomic mass is 10.2. The number of fused-ring (bicyclic) bond motifs is 1. The lowest BCUT2D eigenvalue weighted by Gasteiger charge is -2.00. The van der Waals surface area contributed by atoms with E-state index in [0.717, 1.165) is 11.2 Å². The number of aromatic nitrogens is 2. The number of furan rings is 1. The van der Waals surface area contributed by atoms with Crippen LogP contribution in [-0.4, -0.2) is 20.5 Å². The number of rotatable bonds is 2. The van der Waals surface area contributed by atoms with Gasteiger partial charge in [-0.1, -0.05) is 0 Å². The van der Waals surface area contributed by atoms with Gasteiger partial charge in [-0.25, -0.2) is 9.78 Å². The van der Waals surface area contributed by atoms with Crippen molar-refractivity contribution in [3.05, 3.63) is 48.0 Å². The lowest BCUT2D eigenvalue weighted by molar-refractivity contribution is 0.0696. The molecule has 0 amide bonds. The molecule has 3 aromatic rings. The maximum atomic E-state index is 11.0. The molecule has 18 heavy (non-hydrogen) atoms. The number of aryl methyl sites for hydroxylation is 1. The summed E-state index contributed by atoms with van der Waals surface area (Å²) in [5, 5.41) is 9.02. The summed E-state index contributed by atoms with van der Waals surface area (Å²) < 4.78 is 7.04. The number of aromatic carboxylic acids is 1. The van der Waals surface area contributed by atoms with E-state index < -0.39 is 5.97 Å². The minimum atomic E-state index is -0.964. The second-order valence-corrected chi connectivity index (χ2v) is 3.98. The van der Waals surface area contributed by atoms with Crippen molar-refractivity contribution in [2.24, 2.45) is 0 Å². The zero-order valence-electron chi connectivity index (χ0n) is 9.62. The molecule has 0 atom stereocenters. The lowest BCUT2D eigenvalue weighted by Crippen LogP contribution is -1.99. The van der Waals surface area contributed by atoms with Crippen molar-refractivity contribution in [2.45, 2.75) is 6.92 Å². The molecule has 5 nitrogen and oxygen atoms in total. The SMILES string of the molecule is Cc1nc(-c2ccco2)n2cc(C(=O)O)ccc12. The van der Waals surface area contributed by atoms with Gasteiger partial charge < -0.3 is 9.52 Å². The second-order valence-electron chi connectivity index (χ2n) is 3.98. The van der Waals surface area contributed by atoms with E-state index in [1.807, 2.05) is 6.92 Å². The van der Waals surface area contributed by atoms with Gasteiger partial charge in [-0.2, -0.15) is 0 Å². The van der Waals surface area contributed by atoms with Crippen LogP contribution in [0.25, 0.3) is 17.1 Å². The highest BCUT2D eigenvalue weighted by Gasteiger charge is 2.14. The van der Waals surface area contributed by atoms with Crippen LogP contribution in [-0.2, 0) is 0 Å². The van der Waals surface area contributed by atoms with E-state index in [0.29, 0.717) is 11.6 Å². The summed E-state index contributed by atoms with van der Waals surface area (Å²) in [5.41, 5.74) is 1.91. The molecular weight excluding hydrogens is 232 g/mol. The Labute approximate surface area is 102 Å². The highest BCUT2D eigenvalue weighted by Crippen LogP contribution is 2.23. The molecule has 0 saturated carbocycles. The van der Waals surface area contributed by atoms with Crippen LogP contribution < -0.4 is 0 Å². The summed E-state index contributed by atoms with van der Waals surface area (Å²) in [6.07, 6.45) is 3.11. The highest BCUT2D eigenvalue weighted by molar-refractivity contribution is 5.88. The van der Waals surface area contributed by atoms with Gasteiger partial charge in [-0.15, -0.1) is 0 Å². The van der Waals surface area contributed by atoms with Gasteiger partial charge in [0, 0.05) is 6.20 Å². The van der Waals surface area contributed by atoms with Gasteiger partial charge in [0.15, 0.2) is 11.6 Å². The molecule has 0 fully saturated rings. The molecule has 0 radical (unpaired) electrons. The van der Waals surface area contributed by atoms with Crippen LogP contribution in [0, 0.1) is 6.92 Å². The summed E-state index contributed by atoms with van der Waals surface area (Å²) in [5.74, 6) is 0.255. The van der Waals surface area contributed by atoms with Gasteiger partial charge in [0.2, 0.25) is 0 Å². The summed E-state index contributed by atoms with van der Waals surface area (Å²) in [6.45, 7) is 1.88. The van der Waals surface area contributed by atoms with Gasteiger partial charge >= 0.3 is 5.97 Å². The number of pyridine rings is 1. The number of imidazole rings is 1. The van der Waals surface area contributed by atoms with E-state index in [1.165, 1.54) is 0 Å². The van der Waals surface area contributed by atoms with Crippen LogP contribution in [0.15, 0.2) is 41.1 Å². The fourth-order valence-electron chi connectivity index (χ4n) is 1.95. The largest absolute Gasteiger partial charge is 0.478 e. The molecule has 0 unspecified atom stereocenters. The Morgan fingerprint density at radius 3 is 2.89 bits per heavy atom. The Bertz CT molecular complexity index is 726. The van der Waals surface area contributed by atoms with Crippen molar-refractivity contribution in [3.8, 4) is 11.6 Å². The third-order valence-electron chi connectivity index (χ3n) is 2.81. The maximum absolute atomic E-state index is 11.0. The average molecular weight is 242 g/mol. The summed E-state index contributed by atoms with van der Waals surface area (Å²) >= 11 is 0. The molecule has 3 rings (SSSR count). The topological polar surface area (TPSA) is 67.7 Å². The van der Waals surface area contributed by atoms with Gasteiger partial charge in [-0.05, 0) is 31.2 Å². The van der Waals surface area contributed by atoms with Crippen molar-refractivity contribution >= 4 is 11.5 Å². The van der Waals surface area contributed by atoms with Crippen LogP contribution in [0.4, 0.5) is 0 Å². The number of carbonyl (C=O) groups is 1. The maximum Gasteiger partial charge on any atom is 0.337 e. The van der Waals surface area contributed by atoms with E-state index >= 15 is 0 Å². The smallest absolute Gasteiger partial charge is 0.337 e.